The van der Waals surface area contributed by atoms with Crippen LogP contribution in [-0.4, -0.2) is 47.5 Å². The van der Waals surface area contributed by atoms with Crippen LogP contribution < -0.4 is 0 Å². The standard InChI is InChI=1S/C19H25N7S/c1-14-21-16(13-27-14)11-24-9-5-15(6-10-24)19-23-22-18(26(19)17-3-4-17)12-25-8-2-7-20-25/h2,7-8,13,15,17H,3-6,9-12H2,1H3. The molecule has 0 spiro atoms. The molecule has 8 heteroatoms. The highest BCUT2D eigenvalue weighted by molar-refractivity contribution is 7.09. The van der Waals surface area contributed by atoms with Gasteiger partial charge in [-0.25, -0.2) is 4.98 Å². The zero-order valence-electron chi connectivity index (χ0n) is 15.7. The molecule has 0 bridgehead atoms. The largest absolute Gasteiger partial charge is 0.310 e. The van der Waals surface area contributed by atoms with Gasteiger partial charge in [-0.1, -0.05) is 0 Å². The maximum absolute atomic E-state index is 4.64. The Labute approximate surface area is 163 Å². The molecule has 0 aromatic carbocycles. The van der Waals surface area contributed by atoms with Gasteiger partial charge in [-0.15, -0.1) is 21.5 Å². The van der Waals surface area contributed by atoms with Gasteiger partial charge in [-0.3, -0.25) is 9.58 Å². The minimum Gasteiger partial charge on any atom is -0.310 e. The monoisotopic (exact) mass is 383 g/mol. The van der Waals surface area contributed by atoms with E-state index in [1.165, 1.54) is 24.4 Å². The van der Waals surface area contributed by atoms with Gasteiger partial charge in [0.1, 0.15) is 12.4 Å². The number of rotatable bonds is 6. The van der Waals surface area contributed by atoms with Crippen LogP contribution in [0.25, 0.3) is 0 Å². The topological polar surface area (TPSA) is 64.7 Å². The summed E-state index contributed by atoms with van der Waals surface area (Å²) < 4.78 is 4.36. The number of aryl methyl sites for hydroxylation is 1. The molecule has 2 fully saturated rings. The van der Waals surface area contributed by atoms with Crippen molar-refractivity contribution >= 4 is 11.3 Å². The zero-order valence-corrected chi connectivity index (χ0v) is 16.5. The highest BCUT2D eigenvalue weighted by atomic mass is 32.1. The summed E-state index contributed by atoms with van der Waals surface area (Å²) in [4.78, 5) is 7.13. The van der Waals surface area contributed by atoms with Crippen molar-refractivity contribution in [2.24, 2.45) is 0 Å². The first-order chi connectivity index (χ1) is 13.3. The summed E-state index contributed by atoms with van der Waals surface area (Å²) in [5.74, 6) is 2.76. The fraction of sp³-hybridized carbons (Fsp3) is 0.579. The summed E-state index contributed by atoms with van der Waals surface area (Å²) in [7, 11) is 0. The van der Waals surface area contributed by atoms with E-state index >= 15 is 0 Å². The van der Waals surface area contributed by atoms with Crippen LogP contribution in [0, 0.1) is 6.92 Å². The Hall–Kier alpha value is -2.06. The van der Waals surface area contributed by atoms with Crippen molar-refractivity contribution < 1.29 is 0 Å². The average molecular weight is 384 g/mol. The maximum Gasteiger partial charge on any atom is 0.155 e. The first-order valence-electron chi connectivity index (χ1n) is 9.81. The number of aromatic nitrogens is 6. The number of hydrogen-bond acceptors (Lipinski definition) is 6. The summed E-state index contributed by atoms with van der Waals surface area (Å²) in [6.07, 6.45) is 8.60. The molecule has 7 nitrogen and oxygen atoms in total. The Morgan fingerprint density at radius 3 is 2.63 bits per heavy atom. The summed E-state index contributed by atoms with van der Waals surface area (Å²) >= 11 is 1.74. The van der Waals surface area contributed by atoms with Crippen molar-refractivity contribution in [2.45, 2.75) is 57.7 Å². The minimum absolute atomic E-state index is 0.512. The molecule has 2 aliphatic rings. The van der Waals surface area contributed by atoms with E-state index in [4.69, 9.17) is 0 Å². The maximum atomic E-state index is 4.64. The number of likely N-dealkylation sites (tertiary alicyclic amines) is 1. The number of thiazole rings is 1. The van der Waals surface area contributed by atoms with Crippen LogP contribution in [0.5, 0.6) is 0 Å². The molecule has 3 aromatic heterocycles. The quantitative estimate of drug-likeness (QED) is 0.655. The lowest BCUT2D eigenvalue weighted by atomic mass is 9.95. The smallest absolute Gasteiger partial charge is 0.155 e. The normalized spacial score (nSPS) is 19.0. The van der Waals surface area contributed by atoms with E-state index in [9.17, 15) is 0 Å². The first kappa shape index (κ1) is 17.1. The first-order valence-corrected chi connectivity index (χ1v) is 10.7. The number of nitrogens with zero attached hydrogens (tertiary/aromatic N) is 7. The van der Waals surface area contributed by atoms with E-state index in [2.05, 4.69) is 42.1 Å². The molecule has 1 saturated heterocycles. The van der Waals surface area contributed by atoms with E-state index < -0.39 is 0 Å². The molecule has 5 rings (SSSR count). The zero-order chi connectivity index (χ0) is 18.2. The highest BCUT2D eigenvalue weighted by Gasteiger charge is 2.33. The van der Waals surface area contributed by atoms with Gasteiger partial charge in [0.25, 0.3) is 0 Å². The predicted molar refractivity (Wildman–Crippen MR) is 104 cm³/mol. The second-order valence-corrected chi connectivity index (χ2v) is 8.75. The van der Waals surface area contributed by atoms with Crippen LogP contribution in [0.15, 0.2) is 23.8 Å². The molecule has 0 amide bonds. The lowest BCUT2D eigenvalue weighted by molar-refractivity contribution is 0.198. The van der Waals surface area contributed by atoms with E-state index in [0.717, 1.165) is 43.3 Å². The fourth-order valence-electron chi connectivity index (χ4n) is 4.05. The molecular weight excluding hydrogens is 358 g/mol. The van der Waals surface area contributed by atoms with Crippen LogP contribution in [0.1, 0.15) is 60.0 Å². The molecule has 1 saturated carbocycles. The Morgan fingerprint density at radius 2 is 1.96 bits per heavy atom. The van der Waals surface area contributed by atoms with E-state index in [-0.39, 0.29) is 0 Å². The molecule has 0 radical (unpaired) electrons. The van der Waals surface area contributed by atoms with Crippen LogP contribution in [0.3, 0.4) is 0 Å². The summed E-state index contributed by atoms with van der Waals surface area (Å²) in [5.41, 5.74) is 1.21. The second kappa shape index (κ2) is 7.16. The van der Waals surface area contributed by atoms with Crippen LogP contribution in [-0.2, 0) is 13.1 Å². The van der Waals surface area contributed by atoms with E-state index in [1.807, 2.05) is 23.1 Å². The number of piperidine rings is 1. The number of hydrogen-bond donors (Lipinski definition) is 0. The average Bonchev–Trinajstić information content (AvgIpc) is 3.05. The highest BCUT2D eigenvalue weighted by Crippen LogP contribution is 2.40. The molecule has 0 N–H and O–H groups in total. The van der Waals surface area contributed by atoms with Gasteiger partial charge in [0, 0.05) is 36.3 Å². The van der Waals surface area contributed by atoms with Crippen LogP contribution in [0.2, 0.25) is 0 Å². The van der Waals surface area contributed by atoms with Crippen molar-refractivity contribution in [3.8, 4) is 0 Å². The van der Waals surface area contributed by atoms with Gasteiger partial charge in [-0.2, -0.15) is 5.10 Å². The molecule has 142 valence electrons. The van der Waals surface area contributed by atoms with Crippen molar-refractivity contribution in [3.05, 3.63) is 46.2 Å². The third kappa shape index (κ3) is 3.68. The van der Waals surface area contributed by atoms with Crippen molar-refractivity contribution in [3.63, 3.8) is 0 Å². The Balaban J connectivity index is 1.27. The van der Waals surface area contributed by atoms with Crippen molar-refractivity contribution in [1.29, 1.82) is 0 Å². The van der Waals surface area contributed by atoms with Crippen molar-refractivity contribution in [1.82, 2.24) is 34.4 Å². The Kier molecular flexibility index (Phi) is 4.53. The third-order valence-corrected chi connectivity index (χ3v) is 6.39. The van der Waals surface area contributed by atoms with Crippen molar-refractivity contribution in [2.75, 3.05) is 13.1 Å². The molecule has 0 atom stereocenters. The molecule has 0 unspecified atom stereocenters. The lowest BCUT2D eigenvalue weighted by Gasteiger charge is -2.31. The molecule has 4 heterocycles. The lowest BCUT2D eigenvalue weighted by Crippen LogP contribution is -2.33. The minimum atomic E-state index is 0.512. The van der Waals surface area contributed by atoms with E-state index in [1.54, 1.807) is 11.3 Å². The molecule has 1 aliphatic carbocycles. The summed E-state index contributed by atoms with van der Waals surface area (Å²) in [6, 6.07) is 2.55. The molecule has 3 aromatic rings. The van der Waals surface area contributed by atoms with Gasteiger partial charge in [-0.05, 0) is 51.8 Å². The van der Waals surface area contributed by atoms with Gasteiger partial charge in [0.2, 0.25) is 0 Å². The predicted octanol–water partition coefficient (Wildman–Crippen LogP) is 3.00. The summed E-state index contributed by atoms with van der Waals surface area (Å²) in [5, 5.41) is 16.9. The van der Waals surface area contributed by atoms with Gasteiger partial charge in [0.15, 0.2) is 5.82 Å². The van der Waals surface area contributed by atoms with Gasteiger partial charge in [0.05, 0.1) is 10.7 Å². The Morgan fingerprint density at radius 1 is 1.11 bits per heavy atom. The summed E-state index contributed by atoms with van der Waals surface area (Å²) in [6.45, 7) is 5.96. The molecule has 1 aliphatic heterocycles. The molecular formula is C19H25N7S. The SMILES string of the molecule is Cc1nc(CN2CCC(c3nnc(Cn4cccn4)n3C3CC3)CC2)cs1. The fourth-order valence-corrected chi connectivity index (χ4v) is 4.66. The van der Waals surface area contributed by atoms with Gasteiger partial charge >= 0.3 is 0 Å². The molecule has 27 heavy (non-hydrogen) atoms. The Bertz CT molecular complexity index is 885. The third-order valence-electron chi connectivity index (χ3n) is 5.57. The van der Waals surface area contributed by atoms with Crippen LogP contribution in [0.4, 0.5) is 0 Å². The van der Waals surface area contributed by atoms with E-state index in [0.29, 0.717) is 18.5 Å². The van der Waals surface area contributed by atoms with Gasteiger partial charge < -0.3 is 4.57 Å². The van der Waals surface area contributed by atoms with Crippen LogP contribution >= 0.6 is 11.3 Å². The second-order valence-electron chi connectivity index (χ2n) is 7.69.